The lowest BCUT2D eigenvalue weighted by atomic mass is 10.0. The summed E-state index contributed by atoms with van der Waals surface area (Å²) in [5.41, 5.74) is 7.54. The molecule has 0 atom stereocenters. The van der Waals surface area contributed by atoms with Crippen LogP contribution in [0.4, 0.5) is 0 Å². The highest BCUT2D eigenvalue weighted by Crippen LogP contribution is 2.30. The molecule has 1 amide bonds. The molecule has 0 heterocycles. The summed E-state index contributed by atoms with van der Waals surface area (Å²) in [5, 5.41) is 0. The fourth-order valence-corrected chi connectivity index (χ4v) is 1.83. The molecule has 98 valence electrons. The van der Waals surface area contributed by atoms with Crippen molar-refractivity contribution in [3.8, 4) is 22.6 Å². The van der Waals surface area contributed by atoms with Gasteiger partial charge in [-0.3, -0.25) is 4.79 Å². The van der Waals surface area contributed by atoms with Crippen molar-refractivity contribution in [2.45, 2.75) is 0 Å². The first-order valence-corrected chi connectivity index (χ1v) is 5.77. The average Bonchev–Trinajstić information content (AvgIpc) is 2.46. The Kier molecular flexibility index (Phi) is 3.71. The predicted octanol–water partition coefficient (Wildman–Crippen LogP) is 2.47. The Balaban J connectivity index is 2.51. The van der Waals surface area contributed by atoms with E-state index in [0.29, 0.717) is 17.1 Å². The van der Waals surface area contributed by atoms with E-state index in [1.165, 1.54) is 0 Å². The molecule has 2 rings (SSSR count). The molecular weight excluding hydrogens is 242 g/mol. The zero-order chi connectivity index (χ0) is 13.8. The number of nitrogens with two attached hydrogens (primary N) is 1. The molecule has 0 fully saturated rings. The Hall–Kier alpha value is -2.49. The summed E-state index contributed by atoms with van der Waals surface area (Å²) < 4.78 is 10.4. The van der Waals surface area contributed by atoms with Crippen molar-refractivity contribution in [1.29, 1.82) is 0 Å². The van der Waals surface area contributed by atoms with E-state index in [1.807, 2.05) is 18.2 Å². The molecule has 0 aromatic heterocycles. The molecule has 0 aliphatic rings. The van der Waals surface area contributed by atoms with Crippen molar-refractivity contribution in [1.82, 2.24) is 0 Å². The van der Waals surface area contributed by atoms with E-state index in [9.17, 15) is 4.79 Å². The van der Waals surface area contributed by atoms with Gasteiger partial charge in [0.2, 0.25) is 5.91 Å². The molecule has 2 aromatic carbocycles. The number of primary amides is 1. The van der Waals surface area contributed by atoms with Crippen LogP contribution < -0.4 is 15.2 Å². The second-order valence-corrected chi connectivity index (χ2v) is 4.05. The molecule has 0 aliphatic heterocycles. The maximum atomic E-state index is 11.2. The van der Waals surface area contributed by atoms with E-state index < -0.39 is 5.91 Å². The van der Waals surface area contributed by atoms with Crippen LogP contribution in [0.3, 0.4) is 0 Å². The number of carbonyl (C=O) groups excluding carboxylic acids is 1. The van der Waals surface area contributed by atoms with Crippen LogP contribution in [0.5, 0.6) is 11.5 Å². The summed E-state index contributed by atoms with van der Waals surface area (Å²) in [6, 6.07) is 12.7. The first-order chi connectivity index (χ1) is 9.13. The number of benzene rings is 2. The lowest BCUT2D eigenvalue weighted by Gasteiger charge is -2.09. The third kappa shape index (κ3) is 2.85. The molecule has 2 N–H and O–H groups in total. The van der Waals surface area contributed by atoms with Gasteiger partial charge >= 0.3 is 0 Å². The van der Waals surface area contributed by atoms with Gasteiger partial charge in [-0.05, 0) is 35.4 Å². The molecule has 0 spiro atoms. The largest absolute Gasteiger partial charge is 0.497 e. The third-order valence-electron chi connectivity index (χ3n) is 2.83. The molecule has 4 heteroatoms. The molecule has 4 nitrogen and oxygen atoms in total. The zero-order valence-electron chi connectivity index (χ0n) is 10.8. The number of ether oxygens (including phenoxy) is 2. The highest BCUT2D eigenvalue weighted by molar-refractivity contribution is 5.94. The van der Waals surface area contributed by atoms with Gasteiger partial charge in [0.05, 0.1) is 14.2 Å². The van der Waals surface area contributed by atoms with E-state index >= 15 is 0 Å². The second kappa shape index (κ2) is 5.44. The van der Waals surface area contributed by atoms with Gasteiger partial charge in [0, 0.05) is 11.6 Å². The van der Waals surface area contributed by atoms with Gasteiger partial charge in [0.1, 0.15) is 11.5 Å². The summed E-state index contributed by atoms with van der Waals surface area (Å²) in [5.74, 6) is 0.939. The first kappa shape index (κ1) is 13.0. The van der Waals surface area contributed by atoms with Crippen molar-refractivity contribution in [3.63, 3.8) is 0 Å². The van der Waals surface area contributed by atoms with E-state index in [4.69, 9.17) is 15.2 Å². The minimum absolute atomic E-state index is 0.447. The number of hydrogen-bond donors (Lipinski definition) is 1. The fourth-order valence-electron chi connectivity index (χ4n) is 1.83. The van der Waals surface area contributed by atoms with Gasteiger partial charge in [0.25, 0.3) is 0 Å². The summed E-state index contributed by atoms with van der Waals surface area (Å²) in [6.07, 6.45) is 0. The highest BCUT2D eigenvalue weighted by atomic mass is 16.5. The molecule has 0 radical (unpaired) electrons. The lowest BCUT2D eigenvalue weighted by Crippen LogP contribution is -2.10. The van der Waals surface area contributed by atoms with Crippen molar-refractivity contribution < 1.29 is 14.3 Å². The van der Waals surface area contributed by atoms with Gasteiger partial charge < -0.3 is 15.2 Å². The fraction of sp³-hybridized carbons (Fsp3) is 0.133. The molecule has 2 aromatic rings. The quantitative estimate of drug-likeness (QED) is 0.915. The van der Waals surface area contributed by atoms with Gasteiger partial charge in [-0.15, -0.1) is 0 Å². The summed E-state index contributed by atoms with van der Waals surface area (Å²) >= 11 is 0. The van der Waals surface area contributed by atoms with Crippen molar-refractivity contribution in [2.75, 3.05) is 14.2 Å². The van der Waals surface area contributed by atoms with Gasteiger partial charge in [0.15, 0.2) is 0 Å². The number of hydrogen-bond acceptors (Lipinski definition) is 3. The Morgan fingerprint density at radius 2 is 1.58 bits per heavy atom. The monoisotopic (exact) mass is 257 g/mol. The van der Waals surface area contributed by atoms with Crippen LogP contribution in [0.25, 0.3) is 11.1 Å². The second-order valence-electron chi connectivity index (χ2n) is 4.05. The molecule has 0 bridgehead atoms. The highest BCUT2D eigenvalue weighted by Gasteiger charge is 2.06. The third-order valence-corrected chi connectivity index (χ3v) is 2.83. The summed E-state index contributed by atoms with van der Waals surface area (Å²) in [7, 11) is 3.19. The molecule has 0 saturated carbocycles. The SMILES string of the molecule is COc1cc(OC)cc(-c2cccc(C(N)=O)c2)c1. The normalized spacial score (nSPS) is 10.0. The maximum absolute atomic E-state index is 11.2. The van der Waals surface area contributed by atoms with E-state index in [2.05, 4.69) is 0 Å². The standard InChI is InChI=1S/C15H15NO3/c1-18-13-7-12(8-14(9-13)19-2)10-4-3-5-11(6-10)15(16)17/h3-9H,1-2H3,(H2,16,17). The van der Waals surface area contributed by atoms with Crippen molar-refractivity contribution in [3.05, 3.63) is 48.0 Å². The van der Waals surface area contributed by atoms with Crippen LogP contribution in [0, 0.1) is 0 Å². The Morgan fingerprint density at radius 3 is 2.11 bits per heavy atom. The van der Waals surface area contributed by atoms with Crippen molar-refractivity contribution in [2.24, 2.45) is 5.73 Å². The zero-order valence-corrected chi connectivity index (χ0v) is 10.8. The number of rotatable bonds is 4. The number of methoxy groups -OCH3 is 2. The maximum Gasteiger partial charge on any atom is 0.248 e. The minimum atomic E-state index is -0.447. The topological polar surface area (TPSA) is 61.6 Å². The lowest BCUT2D eigenvalue weighted by molar-refractivity contribution is 0.100. The summed E-state index contributed by atoms with van der Waals surface area (Å²) in [6.45, 7) is 0. The van der Waals surface area contributed by atoms with E-state index in [-0.39, 0.29) is 0 Å². The van der Waals surface area contributed by atoms with E-state index in [0.717, 1.165) is 11.1 Å². The van der Waals surface area contributed by atoms with Crippen LogP contribution in [0.15, 0.2) is 42.5 Å². The summed E-state index contributed by atoms with van der Waals surface area (Å²) in [4.78, 5) is 11.2. The smallest absolute Gasteiger partial charge is 0.248 e. The predicted molar refractivity (Wildman–Crippen MR) is 73.5 cm³/mol. The van der Waals surface area contributed by atoms with Gasteiger partial charge in [-0.1, -0.05) is 12.1 Å². The van der Waals surface area contributed by atoms with Crippen molar-refractivity contribution >= 4 is 5.91 Å². The number of amides is 1. The van der Waals surface area contributed by atoms with E-state index in [1.54, 1.807) is 38.5 Å². The van der Waals surface area contributed by atoms with Crippen LogP contribution in [-0.2, 0) is 0 Å². The van der Waals surface area contributed by atoms with Crippen LogP contribution in [0.1, 0.15) is 10.4 Å². The first-order valence-electron chi connectivity index (χ1n) is 5.77. The number of carbonyl (C=O) groups is 1. The van der Waals surface area contributed by atoms with Crippen LogP contribution in [0.2, 0.25) is 0 Å². The molecule has 0 aliphatic carbocycles. The van der Waals surface area contributed by atoms with Gasteiger partial charge in [-0.2, -0.15) is 0 Å². The van der Waals surface area contributed by atoms with Crippen LogP contribution in [-0.4, -0.2) is 20.1 Å². The molecular formula is C15H15NO3. The Labute approximate surface area is 111 Å². The molecule has 0 unspecified atom stereocenters. The molecule has 0 saturated heterocycles. The van der Waals surface area contributed by atoms with Gasteiger partial charge in [-0.25, -0.2) is 0 Å². The Bertz CT molecular complexity index is 586. The average molecular weight is 257 g/mol. The van der Waals surface area contributed by atoms with Crippen LogP contribution >= 0.6 is 0 Å². The Morgan fingerprint density at radius 1 is 0.947 bits per heavy atom. The minimum Gasteiger partial charge on any atom is -0.497 e. The molecule has 19 heavy (non-hydrogen) atoms.